The second-order valence-electron chi connectivity index (χ2n) is 12.6. The molecule has 1 aliphatic rings. The third-order valence-electron chi connectivity index (χ3n) is 9.46. The van der Waals surface area contributed by atoms with Gasteiger partial charge in [0.1, 0.15) is 17.1 Å². The summed E-state index contributed by atoms with van der Waals surface area (Å²) in [6, 6.07) is 63.6. The van der Waals surface area contributed by atoms with Crippen LogP contribution < -0.4 is 14.5 Å². The third-order valence-corrected chi connectivity index (χ3v) is 10.6. The number of nitrogens with zero attached hydrogens (tertiary/aromatic N) is 2. The summed E-state index contributed by atoms with van der Waals surface area (Å²) in [5.41, 5.74) is 7.98. The number of anilines is 6. The minimum atomic E-state index is 0.822. The van der Waals surface area contributed by atoms with Gasteiger partial charge in [-0.3, -0.25) is 0 Å². The first-order chi connectivity index (χ1) is 25.3. The second kappa shape index (κ2) is 12.2. The molecule has 0 saturated carbocycles. The molecule has 10 rings (SSSR count). The van der Waals surface area contributed by atoms with Crippen LogP contribution in [0.25, 0.3) is 32.7 Å². The Morgan fingerprint density at radius 1 is 0.392 bits per heavy atom. The summed E-state index contributed by atoms with van der Waals surface area (Å²) in [5.74, 6) is 1.66. The maximum atomic E-state index is 6.70. The fraction of sp³-hybridized carbons (Fsp3) is 0. The van der Waals surface area contributed by atoms with Crippen LogP contribution in [0.1, 0.15) is 0 Å². The Labute approximate surface area is 299 Å². The van der Waals surface area contributed by atoms with Crippen LogP contribution in [-0.2, 0) is 0 Å². The van der Waals surface area contributed by atoms with E-state index in [1.165, 1.54) is 10.8 Å². The van der Waals surface area contributed by atoms with Crippen LogP contribution in [0.15, 0.2) is 196 Å². The normalized spacial score (nSPS) is 12.0. The number of rotatable bonds is 6. The van der Waals surface area contributed by atoms with Crippen molar-refractivity contribution in [1.82, 2.24) is 0 Å². The van der Waals surface area contributed by atoms with Gasteiger partial charge in [-0.2, -0.15) is 0 Å². The van der Waals surface area contributed by atoms with Crippen LogP contribution in [0, 0.1) is 0 Å². The van der Waals surface area contributed by atoms with Gasteiger partial charge in [0.2, 0.25) is 0 Å². The minimum Gasteiger partial charge on any atom is -0.455 e. The van der Waals surface area contributed by atoms with Crippen molar-refractivity contribution >= 4 is 78.6 Å². The van der Waals surface area contributed by atoms with Gasteiger partial charge in [0.05, 0.1) is 21.2 Å². The lowest BCUT2D eigenvalue weighted by molar-refractivity contribution is 0.455. The molecule has 0 N–H and O–H groups in total. The molecule has 4 nitrogen and oxygen atoms in total. The molecule has 0 radical (unpaired) electrons. The first kappa shape index (κ1) is 29.5. The fourth-order valence-corrected chi connectivity index (χ4v) is 8.05. The number of hydrogen-bond acceptors (Lipinski definition) is 5. The van der Waals surface area contributed by atoms with Crippen LogP contribution in [0.2, 0.25) is 0 Å². The van der Waals surface area contributed by atoms with E-state index in [0.717, 1.165) is 77.4 Å². The lowest BCUT2D eigenvalue weighted by atomic mass is 10.1. The Hall–Kier alpha value is -6.43. The Bertz CT molecular complexity index is 2680. The maximum Gasteiger partial charge on any atom is 0.159 e. The predicted molar refractivity (Wildman–Crippen MR) is 211 cm³/mol. The highest BCUT2D eigenvalue weighted by Crippen LogP contribution is 2.52. The Morgan fingerprint density at radius 2 is 1.04 bits per heavy atom. The van der Waals surface area contributed by atoms with E-state index in [2.05, 4.69) is 168 Å². The van der Waals surface area contributed by atoms with E-state index in [9.17, 15) is 0 Å². The summed E-state index contributed by atoms with van der Waals surface area (Å²) >= 11 is 1.74. The molecular formula is C46H30N2O2S. The van der Waals surface area contributed by atoms with Gasteiger partial charge in [-0.1, -0.05) is 109 Å². The van der Waals surface area contributed by atoms with Gasteiger partial charge in [0.25, 0.3) is 0 Å². The van der Waals surface area contributed by atoms with Crippen LogP contribution >= 0.6 is 11.8 Å². The predicted octanol–water partition coefficient (Wildman–Crippen LogP) is 13.9. The molecule has 8 aromatic carbocycles. The van der Waals surface area contributed by atoms with Crippen molar-refractivity contribution in [1.29, 1.82) is 0 Å². The molecule has 2 heterocycles. The maximum absolute atomic E-state index is 6.70. The van der Waals surface area contributed by atoms with Crippen molar-refractivity contribution in [2.24, 2.45) is 0 Å². The highest BCUT2D eigenvalue weighted by atomic mass is 32.2. The second-order valence-corrected chi connectivity index (χ2v) is 13.7. The monoisotopic (exact) mass is 674 g/mol. The summed E-state index contributed by atoms with van der Waals surface area (Å²) in [5, 5.41) is 4.56. The largest absolute Gasteiger partial charge is 0.455 e. The van der Waals surface area contributed by atoms with E-state index < -0.39 is 0 Å². The van der Waals surface area contributed by atoms with Crippen molar-refractivity contribution in [3.8, 4) is 11.5 Å². The molecule has 51 heavy (non-hydrogen) atoms. The zero-order valence-electron chi connectivity index (χ0n) is 27.4. The molecule has 5 heteroatoms. The average molecular weight is 675 g/mol. The zero-order chi connectivity index (χ0) is 33.7. The molecule has 0 saturated heterocycles. The van der Waals surface area contributed by atoms with E-state index in [0.29, 0.717) is 0 Å². The van der Waals surface area contributed by atoms with Gasteiger partial charge >= 0.3 is 0 Å². The number of ether oxygens (including phenoxy) is 1. The molecule has 0 fully saturated rings. The SMILES string of the molecule is c1ccc(N(c2ccccc2)c2ccc3c(c2)Sc2ccc(N(c4ccc5ccccc5c4)c4cccc5c4oc4ccccc45)cc2O3)cc1. The van der Waals surface area contributed by atoms with Crippen molar-refractivity contribution < 1.29 is 9.15 Å². The average Bonchev–Trinajstić information content (AvgIpc) is 3.58. The van der Waals surface area contributed by atoms with Crippen molar-refractivity contribution in [2.75, 3.05) is 9.80 Å². The minimum absolute atomic E-state index is 0.822. The number of furan rings is 1. The molecule has 0 aliphatic carbocycles. The van der Waals surface area contributed by atoms with Crippen LogP contribution in [0.3, 0.4) is 0 Å². The van der Waals surface area contributed by atoms with Crippen molar-refractivity contribution in [2.45, 2.75) is 9.79 Å². The number of para-hydroxylation sites is 4. The van der Waals surface area contributed by atoms with Crippen molar-refractivity contribution in [3.63, 3.8) is 0 Å². The van der Waals surface area contributed by atoms with E-state index in [-0.39, 0.29) is 0 Å². The van der Waals surface area contributed by atoms with E-state index >= 15 is 0 Å². The highest BCUT2D eigenvalue weighted by molar-refractivity contribution is 7.99. The summed E-state index contributed by atoms with van der Waals surface area (Å²) < 4.78 is 13.3. The standard InChI is InChI=1S/C46H30N2O2S/c1-3-14-33(15-4-1)47(34-16-5-2-6-17-34)37-24-26-42-45(30-37)51-44-27-25-36(29-43(44)49-42)48(35-23-22-31-12-7-8-13-32(31)28-35)40-20-11-19-39-38-18-9-10-21-41(38)50-46(39)40/h1-30H. The molecule has 1 aliphatic heterocycles. The molecule has 9 aromatic rings. The number of benzene rings is 8. The van der Waals surface area contributed by atoms with Crippen LogP contribution in [-0.4, -0.2) is 0 Å². The van der Waals surface area contributed by atoms with Gasteiger partial charge in [-0.25, -0.2) is 0 Å². The molecular weight excluding hydrogens is 645 g/mol. The first-order valence-corrected chi connectivity index (χ1v) is 17.8. The van der Waals surface area contributed by atoms with Gasteiger partial charge in [0.15, 0.2) is 5.58 Å². The van der Waals surface area contributed by atoms with E-state index in [1.807, 2.05) is 24.3 Å². The Kier molecular flexibility index (Phi) is 7.03. The molecule has 0 bridgehead atoms. The van der Waals surface area contributed by atoms with E-state index in [4.69, 9.17) is 9.15 Å². The number of hydrogen-bond donors (Lipinski definition) is 0. The molecule has 0 atom stereocenters. The smallest absolute Gasteiger partial charge is 0.159 e. The molecule has 0 spiro atoms. The summed E-state index contributed by atoms with van der Waals surface area (Å²) in [4.78, 5) is 6.69. The van der Waals surface area contributed by atoms with E-state index in [1.54, 1.807) is 11.8 Å². The Morgan fingerprint density at radius 3 is 1.86 bits per heavy atom. The van der Waals surface area contributed by atoms with Gasteiger partial charge in [-0.15, -0.1) is 0 Å². The summed E-state index contributed by atoms with van der Waals surface area (Å²) in [6.45, 7) is 0. The lowest BCUT2D eigenvalue weighted by Crippen LogP contribution is -2.11. The molecule has 0 unspecified atom stereocenters. The fourth-order valence-electron chi connectivity index (χ4n) is 7.09. The third kappa shape index (κ3) is 5.18. The number of fused-ring (bicyclic) bond motifs is 6. The van der Waals surface area contributed by atoms with Gasteiger partial charge in [-0.05, 0) is 89.6 Å². The highest BCUT2D eigenvalue weighted by Gasteiger charge is 2.25. The molecule has 1 aromatic heterocycles. The summed E-state index contributed by atoms with van der Waals surface area (Å²) in [7, 11) is 0. The van der Waals surface area contributed by atoms with Crippen LogP contribution in [0.4, 0.5) is 34.1 Å². The molecule has 0 amide bonds. The summed E-state index contributed by atoms with van der Waals surface area (Å²) in [6.07, 6.45) is 0. The zero-order valence-corrected chi connectivity index (χ0v) is 28.3. The van der Waals surface area contributed by atoms with Gasteiger partial charge < -0.3 is 19.0 Å². The van der Waals surface area contributed by atoms with Crippen LogP contribution in [0.5, 0.6) is 11.5 Å². The first-order valence-electron chi connectivity index (χ1n) is 17.0. The van der Waals surface area contributed by atoms with Gasteiger partial charge in [0, 0.05) is 39.6 Å². The Balaban J connectivity index is 1.07. The lowest BCUT2D eigenvalue weighted by Gasteiger charge is -2.29. The topological polar surface area (TPSA) is 28.9 Å². The molecule has 242 valence electrons. The van der Waals surface area contributed by atoms with Crippen molar-refractivity contribution in [3.05, 3.63) is 182 Å². The quantitative estimate of drug-likeness (QED) is 0.175.